The lowest BCUT2D eigenvalue weighted by Crippen LogP contribution is -2.43. The van der Waals surface area contributed by atoms with E-state index in [0.717, 1.165) is 12.1 Å². The maximum absolute atomic E-state index is 14.1. The van der Waals surface area contributed by atoms with Gasteiger partial charge in [-0.3, -0.25) is 0 Å². The van der Waals surface area contributed by atoms with Crippen molar-refractivity contribution >= 4 is 0 Å². The maximum Gasteiger partial charge on any atom is 0.127 e. The number of likely N-dealkylation sites (tertiary alicyclic amines) is 1. The fourth-order valence-electron chi connectivity index (χ4n) is 3.71. The van der Waals surface area contributed by atoms with Crippen LogP contribution in [0.4, 0.5) is 4.39 Å². The number of piperidine rings is 1. The monoisotopic (exact) mass is 292 g/mol. The minimum atomic E-state index is -0.102. The Hall–Kier alpha value is -0.930. The Morgan fingerprint density at radius 2 is 2.10 bits per heavy atom. The van der Waals surface area contributed by atoms with Gasteiger partial charge in [0.2, 0.25) is 0 Å². The third kappa shape index (κ3) is 4.04. The van der Waals surface area contributed by atoms with E-state index in [1.807, 2.05) is 19.2 Å². The second-order valence-corrected chi connectivity index (χ2v) is 6.32. The van der Waals surface area contributed by atoms with Crippen LogP contribution in [0.3, 0.4) is 0 Å². The van der Waals surface area contributed by atoms with Gasteiger partial charge in [0.1, 0.15) is 5.82 Å². The van der Waals surface area contributed by atoms with E-state index in [1.165, 1.54) is 32.2 Å². The van der Waals surface area contributed by atoms with Crippen molar-refractivity contribution in [1.29, 1.82) is 0 Å². The van der Waals surface area contributed by atoms with Crippen LogP contribution >= 0.6 is 0 Å². The molecule has 1 aromatic rings. The van der Waals surface area contributed by atoms with Gasteiger partial charge in [-0.25, -0.2) is 4.39 Å². The first-order chi connectivity index (χ1) is 10.2. The summed E-state index contributed by atoms with van der Waals surface area (Å²) in [4.78, 5) is 2.61. The number of rotatable bonds is 6. The smallest absolute Gasteiger partial charge is 0.127 e. The van der Waals surface area contributed by atoms with Gasteiger partial charge in [-0.05, 0) is 44.8 Å². The Morgan fingerprint density at radius 1 is 1.33 bits per heavy atom. The maximum atomic E-state index is 14.1. The zero-order chi connectivity index (χ0) is 15.2. The molecule has 3 atom stereocenters. The van der Waals surface area contributed by atoms with Crippen LogP contribution in [0.5, 0.6) is 0 Å². The largest absolute Gasteiger partial charge is 0.313 e. The van der Waals surface area contributed by atoms with Crippen molar-refractivity contribution in [3.05, 3.63) is 35.6 Å². The molecule has 1 fully saturated rings. The lowest BCUT2D eigenvalue weighted by Gasteiger charge is -2.38. The van der Waals surface area contributed by atoms with Crippen LogP contribution in [-0.4, -0.2) is 31.1 Å². The van der Waals surface area contributed by atoms with Gasteiger partial charge in [0.15, 0.2) is 0 Å². The lowest BCUT2D eigenvalue weighted by atomic mass is 9.91. The van der Waals surface area contributed by atoms with E-state index >= 15 is 0 Å². The first-order valence-corrected chi connectivity index (χ1v) is 8.33. The molecule has 0 aliphatic carbocycles. The molecule has 1 aliphatic heterocycles. The summed E-state index contributed by atoms with van der Waals surface area (Å²) in [6, 6.07) is 7.92. The Morgan fingerprint density at radius 3 is 2.76 bits per heavy atom. The van der Waals surface area contributed by atoms with E-state index in [1.54, 1.807) is 12.1 Å². The van der Waals surface area contributed by atoms with E-state index < -0.39 is 0 Å². The molecule has 1 aromatic carbocycles. The molecule has 118 valence electrons. The summed E-state index contributed by atoms with van der Waals surface area (Å²) in [5, 5.41) is 3.31. The predicted molar refractivity (Wildman–Crippen MR) is 86.9 cm³/mol. The van der Waals surface area contributed by atoms with Crippen LogP contribution in [0, 0.1) is 11.7 Å². The quantitative estimate of drug-likeness (QED) is 0.853. The van der Waals surface area contributed by atoms with Gasteiger partial charge in [-0.15, -0.1) is 0 Å². The molecule has 0 spiro atoms. The van der Waals surface area contributed by atoms with Crippen molar-refractivity contribution in [3.63, 3.8) is 0 Å². The first-order valence-electron chi connectivity index (χ1n) is 8.33. The normalized spacial score (nSPS) is 23.0. The van der Waals surface area contributed by atoms with Gasteiger partial charge in [-0.1, -0.05) is 38.5 Å². The van der Waals surface area contributed by atoms with Crippen molar-refractivity contribution in [1.82, 2.24) is 10.2 Å². The van der Waals surface area contributed by atoms with Crippen LogP contribution in [0.25, 0.3) is 0 Å². The SMILES string of the molecule is CCC1CCCCN1CC(C)C(NC)c1ccccc1F. The lowest BCUT2D eigenvalue weighted by molar-refractivity contribution is 0.115. The number of benzene rings is 1. The van der Waals surface area contributed by atoms with Crippen molar-refractivity contribution in [2.45, 2.75) is 51.6 Å². The highest BCUT2D eigenvalue weighted by molar-refractivity contribution is 5.21. The Labute approximate surface area is 128 Å². The Balaban J connectivity index is 2.06. The number of nitrogens with zero attached hydrogens (tertiary/aromatic N) is 1. The molecule has 2 rings (SSSR count). The van der Waals surface area contributed by atoms with Crippen LogP contribution in [0.2, 0.25) is 0 Å². The second kappa shape index (κ2) is 7.90. The van der Waals surface area contributed by atoms with Crippen molar-refractivity contribution in [2.24, 2.45) is 5.92 Å². The van der Waals surface area contributed by atoms with E-state index in [0.29, 0.717) is 12.0 Å². The molecule has 2 nitrogen and oxygen atoms in total. The summed E-state index contributed by atoms with van der Waals surface area (Å²) in [5.74, 6) is 0.286. The molecule has 1 saturated heterocycles. The Bertz CT molecular complexity index is 435. The molecule has 0 bridgehead atoms. The van der Waals surface area contributed by atoms with Gasteiger partial charge in [-0.2, -0.15) is 0 Å². The van der Waals surface area contributed by atoms with Gasteiger partial charge in [0, 0.05) is 24.2 Å². The van der Waals surface area contributed by atoms with E-state index in [2.05, 4.69) is 24.1 Å². The zero-order valence-corrected chi connectivity index (χ0v) is 13.6. The standard InChI is InChI=1S/C18H29FN2/c1-4-15-9-7-8-12-21(15)13-14(2)18(20-3)16-10-5-6-11-17(16)19/h5-6,10-11,14-15,18,20H,4,7-9,12-13H2,1-3H3. The van der Waals surface area contributed by atoms with Crippen molar-refractivity contribution < 1.29 is 4.39 Å². The van der Waals surface area contributed by atoms with Crippen molar-refractivity contribution in [3.8, 4) is 0 Å². The summed E-state index contributed by atoms with van der Waals surface area (Å²) >= 11 is 0. The van der Waals surface area contributed by atoms with E-state index in [-0.39, 0.29) is 11.9 Å². The molecule has 3 unspecified atom stereocenters. The average molecular weight is 292 g/mol. The molecule has 0 aromatic heterocycles. The van der Waals surface area contributed by atoms with E-state index in [9.17, 15) is 4.39 Å². The molecule has 3 heteroatoms. The predicted octanol–water partition coefficient (Wildman–Crippen LogP) is 3.99. The molecule has 1 aliphatic rings. The minimum Gasteiger partial charge on any atom is -0.313 e. The summed E-state index contributed by atoms with van der Waals surface area (Å²) in [5.41, 5.74) is 0.789. The number of hydrogen-bond acceptors (Lipinski definition) is 2. The molecule has 0 saturated carbocycles. The fourth-order valence-corrected chi connectivity index (χ4v) is 3.71. The first kappa shape index (κ1) is 16.4. The topological polar surface area (TPSA) is 15.3 Å². The molecule has 21 heavy (non-hydrogen) atoms. The van der Waals surface area contributed by atoms with E-state index in [4.69, 9.17) is 0 Å². The molecule has 1 N–H and O–H groups in total. The van der Waals surface area contributed by atoms with Gasteiger partial charge in [0.05, 0.1) is 0 Å². The number of halogens is 1. The van der Waals surface area contributed by atoms with Crippen LogP contribution in [0.1, 0.15) is 51.1 Å². The number of nitrogens with one attached hydrogen (secondary N) is 1. The number of hydrogen-bond donors (Lipinski definition) is 1. The third-order valence-electron chi connectivity index (χ3n) is 4.86. The molecular formula is C18H29FN2. The van der Waals surface area contributed by atoms with Gasteiger partial charge in [0.25, 0.3) is 0 Å². The fraction of sp³-hybridized carbons (Fsp3) is 0.667. The highest BCUT2D eigenvalue weighted by Crippen LogP contribution is 2.27. The molecule has 0 amide bonds. The zero-order valence-electron chi connectivity index (χ0n) is 13.6. The summed E-state index contributed by atoms with van der Waals surface area (Å²) in [6.07, 6.45) is 5.18. The molecule has 1 heterocycles. The van der Waals surface area contributed by atoms with Crippen molar-refractivity contribution in [2.75, 3.05) is 20.1 Å². The molecular weight excluding hydrogens is 263 g/mol. The third-order valence-corrected chi connectivity index (χ3v) is 4.86. The summed E-state index contributed by atoms with van der Waals surface area (Å²) < 4.78 is 14.1. The highest BCUT2D eigenvalue weighted by Gasteiger charge is 2.26. The molecule has 0 radical (unpaired) electrons. The second-order valence-electron chi connectivity index (χ2n) is 6.32. The van der Waals surface area contributed by atoms with Gasteiger partial charge >= 0.3 is 0 Å². The summed E-state index contributed by atoms with van der Waals surface area (Å²) in [7, 11) is 1.93. The summed E-state index contributed by atoms with van der Waals surface area (Å²) in [6.45, 7) is 6.74. The van der Waals surface area contributed by atoms with Gasteiger partial charge < -0.3 is 10.2 Å². The van der Waals surface area contributed by atoms with Crippen LogP contribution < -0.4 is 5.32 Å². The highest BCUT2D eigenvalue weighted by atomic mass is 19.1. The average Bonchev–Trinajstić information content (AvgIpc) is 2.50. The van der Waals surface area contributed by atoms with Crippen LogP contribution in [0.15, 0.2) is 24.3 Å². The minimum absolute atomic E-state index is 0.0747. The van der Waals surface area contributed by atoms with Crippen LogP contribution in [-0.2, 0) is 0 Å². The Kier molecular flexibility index (Phi) is 6.19.